The molecule has 0 radical (unpaired) electrons. The van der Waals surface area contributed by atoms with Crippen molar-refractivity contribution in [3.63, 3.8) is 0 Å². The van der Waals surface area contributed by atoms with Gasteiger partial charge in [-0.15, -0.1) is 11.6 Å². The summed E-state index contributed by atoms with van der Waals surface area (Å²) in [4.78, 5) is 22.8. The number of hydrogen-bond acceptors (Lipinski definition) is 2. The fraction of sp³-hybridized carbons (Fsp3) is 0.273. The molecule has 0 aliphatic rings. The number of rotatable bonds is 3. The fourth-order valence-corrected chi connectivity index (χ4v) is 1.41. The standard InChI is InChI=1S/C11H12Cl2N2O2/c1-6(12)10(16)15-7-3-4-9(13)8(5-7)11(17)14-2/h3-6H,1-2H3,(H,14,17)(H,15,16). The number of benzene rings is 1. The molecule has 0 aliphatic heterocycles. The van der Waals surface area contributed by atoms with Crippen LogP contribution in [0.15, 0.2) is 18.2 Å². The molecule has 0 fully saturated rings. The molecule has 92 valence electrons. The molecule has 0 saturated carbocycles. The lowest BCUT2D eigenvalue weighted by Crippen LogP contribution is -2.21. The summed E-state index contributed by atoms with van der Waals surface area (Å²) in [6, 6.07) is 4.64. The van der Waals surface area contributed by atoms with Crippen LogP contribution in [0.2, 0.25) is 5.02 Å². The summed E-state index contributed by atoms with van der Waals surface area (Å²) in [6.07, 6.45) is 0. The third-order valence-corrected chi connectivity index (χ3v) is 2.59. The highest BCUT2D eigenvalue weighted by molar-refractivity contribution is 6.34. The smallest absolute Gasteiger partial charge is 0.252 e. The molecule has 0 spiro atoms. The molecule has 1 unspecified atom stereocenters. The Hall–Kier alpha value is -1.26. The molecule has 4 nitrogen and oxygen atoms in total. The molecule has 1 atom stereocenters. The van der Waals surface area contributed by atoms with Gasteiger partial charge in [0.05, 0.1) is 10.6 Å². The lowest BCUT2D eigenvalue weighted by atomic mass is 10.2. The van der Waals surface area contributed by atoms with Gasteiger partial charge in [0.25, 0.3) is 5.91 Å². The molecule has 1 aromatic rings. The Labute approximate surface area is 109 Å². The van der Waals surface area contributed by atoms with E-state index in [-0.39, 0.29) is 11.8 Å². The third-order valence-electron chi connectivity index (χ3n) is 2.07. The van der Waals surface area contributed by atoms with Crippen LogP contribution in [0.25, 0.3) is 0 Å². The minimum absolute atomic E-state index is 0.300. The van der Waals surface area contributed by atoms with Crippen LogP contribution in [-0.4, -0.2) is 24.2 Å². The van der Waals surface area contributed by atoms with E-state index >= 15 is 0 Å². The van der Waals surface area contributed by atoms with Gasteiger partial charge < -0.3 is 10.6 Å². The van der Waals surface area contributed by atoms with Crippen LogP contribution in [0.5, 0.6) is 0 Å². The summed E-state index contributed by atoms with van der Waals surface area (Å²) in [5.41, 5.74) is 0.777. The van der Waals surface area contributed by atoms with E-state index in [1.54, 1.807) is 19.1 Å². The molecule has 2 N–H and O–H groups in total. The Morgan fingerprint density at radius 3 is 2.53 bits per heavy atom. The van der Waals surface area contributed by atoms with E-state index in [1.807, 2.05) is 0 Å². The number of hydrogen-bond donors (Lipinski definition) is 2. The zero-order chi connectivity index (χ0) is 13.0. The zero-order valence-electron chi connectivity index (χ0n) is 9.38. The topological polar surface area (TPSA) is 58.2 Å². The van der Waals surface area contributed by atoms with Crippen LogP contribution in [0, 0.1) is 0 Å². The Balaban J connectivity index is 2.97. The maximum Gasteiger partial charge on any atom is 0.252 e. The van der Waals surface area contributed by atoms with Gasteiger partial charge in [-0.3, -0.25) is 9.59 Å². The van der Waals surface area contributed by atoms with Crippen LogP contribution in [-0.2, 0) is 4.79 Å². The van der Waals surface area contributed by atoms with Gasteiger partial charge in [0.1, 0.15) is 5.38 Å². The number of anilines is 1. The first-order valence-corrected chi connectivity index (χ1v) is 5.73. The lowest BCUT2D eigenvalue weighted by Gasteiger charge is -2.09. The molecule has 0 heterocycles. The Morgan fingerprint density at radius 1 is 1.35 bits per heavy atom. The second-order valence-electron chi connectivity index (χ2n) is 3.38. The van der Waals surface area contributed by atoms with E-state index in [0.717, 1.165) is 0 Å². The minimum Gasteiger partial charge on any atom is -0.355 e. The van der Waals surface area contributed by atoms with E-state index in [1.165, 1.54) is 13.1 Å². The van der Waals surface area contributed by atoms with E-state index in [0.29, 0.717) is 16.3 Å². The first kappa shape index (κ1) is 13.8. The van der Waals surface area contributed by atoms with Crippen molar-refractivity contribution in [3.8, 4) is 0 Å². The number of carbonyl (C=O) groups excluding carboxylic acids is 2. The highest BCUT2D eigenvalue weighted by atomic mass is 35.5. The second-order valence-corrected chi connectivity index (χ2v) is 4.44. The average Bonchev–Trinajstić information content (AvgIpc) is 2.30. The van der Waals surface area contributed by atoms with Crippen molar-refractivity contribution in [2.24, 2.45) is 0 Å². The highest BCUT2D eigenvalue weighted by Crippen LogP contribution is 2.20. The fourth-order valence-electron chi connectivity index (χ4n) is 1.15. The van der Waals surface area contributed by atoms with Crippen molar-refractivity contribution in [3.05, 3.63) is 28.8 Å². The van der Waals surface area contributed by atoms with Crippen LogP contribution in [0.1, 0.15) is 17.3 Å². The van der Waals surface area contributed by atoms with Gasteiger partial charge in [-0.05, 0) is 25.1 Å². The van der Waals surface area contributed by atoms with Crippen molar-refractivity contribution < 1.29 is 9.59 Å². The largest absolute Gasteiger partial charge is 0.355 e. The number of carbonyl (C=O) groups is 2. The molecule has 0 bridgehead atoms. The van der Waals surface area contributed by atoms with Crippen molar-refractivity contribution in [2.45, 2.75) is 12.3 Å². The molecule has 0 saturated heterocycles. The van der Waals surface area contributed by atoms with Crippen LogP contribution < -0.4 is 10.6 Å². The molecule has 0 aliphatic carbocycles. The lowest BCUT2D eigenvalue weighted by molar-refractivity contribution is -0.115. The number of nitrogens with one attached hydrogen (secondary N) is 2. The van der Waals surface area contributed by atoms with Gasteiger partial charge in [0, 0.05) is 12.7 Å². The van der Waals surface area contributed by atoms with Crippen molar-refractivity contribution in [2.75, 3.05) is 12.4 Å². The van der Waals surface area contributed by atoms with E-state index in [9.17, 15) is 9.59 Å². The third kappa shape index (κ3) is 3.61. The Bertz CT molecular complexity index is 447. The van der Waals surface area contributed by atoms with Gasteiger partial charge >= 0.3 is 0 Å². The maximum atomic E-state index is 11.5. The van der Waals surface area contributed by atoms with Gasteiger partial charge in [-0.1, -0.05) is 11.6 Å². The van der Waals surface area contributed by atoms with Crippen LogP contribution >= 0.6 is 23.2 Å². The van der Waals surface area contributed by atoms with E-state index < -0.39 is 5.38 Å². The molecule has 6 heteroatoms. The van der Waals surface area contributed by atoms with Gasteiger partial charge in [-0.2, -0.15) is 0 Å². The van der Waals surface area contributed by atoms with Gasteiger partial charge in [-0.25, -0.2) is 0 Å². The first-order valence-electron chi connectivity index (χ1n) is 4.92. The van der Waals surface area contributed by atoms with Crippen LogP contribution in [0.3, 0.4) is 0 Å². The van der Waals surface area contributed by atoms with Gasteiger partial charge in [0.2, 0.25) is 5.91 Å². The summed E-state index contributed by atoms with van der Waals surface area (Å²) >= 11 is 11.5. The van der Waals surface area contributed by atoms with E-state index in [2.05, 4.69) is 10.6 Å². The summed E-state index contributed by atoms with van der Waals surface area (Å²) in [5, 5.41) is 4.72. The van der Waals surface area contributed by atoms with Crippen molar-refractivity contribution in [1.82, 2.24) is 5.32 Å². The zero-order valence-corrected chi connectivity index (χ0v) is 10.9. The summed E-state index contributed by atoms with van der Waals surface area (Å²) in [7, 11) is 1.50. The number of amides is 2. The quantitative estimate of drug-likeness (QED) is 0.831. The summed E-state index contributed by atoms with van der Waals surface area (Å²) in [5.74, 6) is -0.651. The molecule has 2 amide bonds. The Kier molecular flexibility index (Phi) is 4.78. The Morgan fingerprint density at radius 2 is 2.00 bits per heavy atom. The number of halogens is 2. The van der Waals surface area contributed by atoms with Crippen molar-refractivity contribution >= 4 is 40.7 Å². The van der Waals surface area contributed by atoms with Crippen LogP contribution in [0.4, 0.5) is 5.69 Å². The predicted octanol–water partition coefficient (Wildman–Crippen LogP) is 2.27. The number of alkyl halides is 1. The molecule has 0 aromatic heterocycles. The van der Waals surface area contributed by atoms with Gasteiger partial charge in [0.15, 0.2) is 0 Å². The highest BCUT2D eigenvalue weighted by Gasteiger charge is 2.13. The monoisotopic (exact) mass is 274 g/mol. The SMILES string of the molecule is CNC(=O)c1cc(NC(=O)C(C)Cl)ccc1Cl. The molecular weight excluding hydrogens is 263 g/mol. The second kappa shape index (κ2) is 5.89. The normalized spacial score (nSPS) is 11.8. The maximum absolute atomic E-state index is 11.5. The summed E-state index contributed by atoms with van der Waals surface area (Å²) in [6.45, 7) is 1.56. The molecule has 1 rings (SSSR count). The predicted molar refractivity (Wildman–Crippen MR) is 68.8 cm³/mol. The molecular formula is C11H12Cl2N2O2. The average molecular weight is 275 g/mol. The molecule has 17 heavy (non-hydrogen) atoms. The first-order chi connectivity index (χ1) is 7.95. The summed E-state index contributed by atoms with van der Waals surface area (Å²) < 4.78 is 0. The van der Waals surface area contributed by atoms with E-state index in [4.69, 9.17) is 23.2 Å². The minimum atomic E-state index is -0.644. The molecule has 1 aromatic carbocycles. The van der Waals surface area contributed by atoms with Crippen molar-refractivity contribution in [1.29, 1.82) is 0 Å².